The quantitative estimate of drug-likeness (QED) is 0.861. The maximum absolute atomic E-state index is 12.1. The summed E-state index contributed by atoms with van der Waals surface area (Å²) in [6.07, 6.45) is 2.28. The molecule has 1 aliphatic heterocycles. The highest BCUT2D eigenvalue weighted by Gasteiger charge is 2.22. The van der Waals surface area contributed by atoms with Gasteiger partial charge in [0.1, 0.15) is 0 Å². The molecule has 1 fully saturated rings. The summed E-state index contributed by atoms with van der Waals surface area (Å²) in [6.45, 7) is 6.41. The smallest absolute Gasteiger partial charge is 0.239 e. The number of amides is 1. The molecule has 5 nitrogen and oxygen atoms in total. The molecule has 2 rings (SSSR count). The Morgan fingerprint density at radius 2 is 2.17 bits per heavy atom. The van der Waals surface area contributed by atoms with Gasteiger partial charge in [0.2, 0.25) is 5.91 Å². The van der Waals surface area contributed by atoms with Gasteiger partial charge in [0, 0.05) is 26.7 Å². The van der Waals surface area contributed by atoms with Gasteiger partial charge in [-0.15, -0.1) is 0 Å². The normalized spacial score (nSPS) is 17.2. The summed E-state index contributed by atoms with van der Waals surface area (Å²) in [5.41, 5.74) is 2.11. The molecule has 18 heavy (non-hydrogen) atoms. The summed E-state index contributed by atoms with van der Waals surface area (Å²) in [5, 5.41) is 7.57. The van der Waals surface area contributed by atoms with E-state index < -0.39 is 0 Å². The van der Waals surface area contributed by atoms with E-state index in [0.29, 0.717) is 6.54 Å². The number of aromatic nitrogens is 2. The Hall–Kier alpha value is -1.36. The Labute approximate surface area is 108 Å². The zero-order chi connectivity index (χ0) is 13.1. The molecule has 1 saturated heterocycles. The molecule has 5 heteroatoms. The van der Waals surface area contributed by atoms with Gasteiger partial charge in [-0.05, 0) is 32.8 Å². The van der Waals surface area contributed by atoms with E-state index in [1.807, 2.05) is 36.5 Å². The van der Waals surface area contributed by atoms with E-state index in [0.717, 1.165) is 37.3 Å². The Morgan fingerprint density at radius 1 is 1.50 bits per heavy atom. The minimum Gasteiger partial charge on any atom is -0.341 e. The average Bonchev–Trinajstić information content (AvgIpc) is 2.95. The highest BCUT2D eigenvalue weighted by molar-refractivity contribution is 5.81. The van der Waals surface area contributed by atoms with Crippen LogP contribution in [0.2, 0.25) is 0 Å². The first-order valence-electron chi connectivity index (χ1n) is 6.59. The maximum atomic E-state index is 12.1. The van der Waals surface area contributed by atoms with E-state index >= 15 is 0 Å². The second-order valence-electron chi connectivity index (χ2n) is 5.04. The third kappa shape index (κ3) is 2.90. The van der Waals surface area contributed by atoms with Crippen molar-refractivity contribution in [3.05, 3.63) is 17.5 Å². The zero-order valence-electron chi connectivity index (χ0n) is 11.4. The van der Waals surface area contributed by atoms with Crippen molar-refractivity contribution in [2.45, 2.75) is 39.3 Å². The van der Waals surface area contributed by atoms with Crippen molar-refractivity contribution in [3.8, 4) is 0 Å². The molecule has 0 radical (unpaired) electrons. The van der Waals surface area contributed by atoms with Crippen molar-refractivity contribution in [1.29, 1.82) is 0 Å². The van der Waals surface area contributed by atoms with E-state index in [-0.39, 0.29) is 11.9 Å². The first-order valence-corrected chi connectivity index (χ1v) is 6.59. The predicted octanol–water partition coefficient (Wildman–Crippen LogP) is 0.829. The molecule has 1 aliphatic rings. The molecular formula is C13H22N4O. The van der Waals surface area contributed by atoms with Crippen LogP contribution in [0.3, 0.4) is 0 Å². The number of rotatable bonds is 4. The molecule has 100 valence electrons. The summed E-state index contributed by atoms with van der Waals surface area (Å²) in [5.74, 6) is 0.214. The van der Waals surface area contributed by atoms with Crippen LogP contribution in [-0.2, 0) is 18.4 Å². The fraction of sp³-hybridized carbons (Fsp3) is 0.692. The number of hydrogen-bond donors (Lipinski definition) is 1. The molecule has 1 aromatic heterocycles. The topological polar surface area (TPSA) is 50.2 Å². The zero-order valence-corrected chi connectivity index (χ0v) is 11.4. The second kappa shape index (κ2) is 5.52. The largest absolute Gasteiger partial charge is 0.341 e. The summed E-state index contributed by atoms with van der Waals surface area (Å²) in [6, 6.07) is 1.92. The van der Waals surface area contributed by atoms with Gasteiger partial charge in [0.15, 0.2) is 0 Å². The minimum atomic E-state index is -0.127. The summed E-state index contributed by atoms with van der Waals surface area (Å²) in [7, 11) is 1.93. The van der Waals surface area contributed by atoms with Crippen molar-refractivity contribution in [3.63, 3.8) is 0 Å². The van der Waals surface area contributed by atoms with Crippen LogP contribution in [0.25, 0.3) is 0 Å². The molecule has 1 aromatic rings. The van der Waals surface area contributed by atoms with Crippen molar-refractivity contribution < 1.29 is 4.79 Å². The monoisotopic (exact) mass is 250 g/mol. The molecule has 1 N–H and O–H groups in total. The average molecular weight is 250 g/mol. The highest BCUT2D eigenvalue weighted by Crippen LogP contribution is 2.09. The lowest BCUT2D eigenvalue weighted by molar-refractivity contribution is -0.132. The highest BCUT2D eigenvalue weighted by atomic mass is 16.2. The molecule has 2 heterocycles. The van der Waals surface area contributed by atoms with Crippen molar-refractivity contribution in [2.75, 3.05) is 13.1 Å². The van der Waals surface area contributed by atoms with Crippen molar-refractivity contribution >= 4 is 5.91 Å². The number of hydrogen-bond acceptors (Lipinski definition) is 3. The Morgan fingerprint density at radius 3 is 2.72 bits per heavy atom. The molecule has 0 aromatic carbocycles. The first-order chi connectivity index (χ1) is 8.58. The van der Waals surface area contributed by atoms with Crippen LogP contribution in [0.4, 0.5) is 0 Å². The number of carbonyl (C=O) groups excluding carboxylic acids is 1. The van der Waals surface area contributed by atoms with Crippen LogP contribution < -0.4 is 5.32 Å². The Balaban J connectivity index is 1.85. The number of carbonyl (C=O) groups is 1. The van der Waals surface area contributed by atoms with E-state index in [1.165, 1.54) is 0 Å². The van der Waals surface area contributed by atoms with Gasteiger partial charge in [-0.1, -0.05) is 0 Å². The van der Waals surface area contributed by atoms with E-state index in [2.05, 4.69) is 10.4 Å². The van der Waals surface area contributed by atoms with E-state index in [9.17, 15) is 4.79 Å². The van der Waals surface area contributed by atoms with Gasteiger partial charge >= 0.3 is 0 Å². The first kappa shape index (κ1) is 13.1. The van der Waals surface area contributed by atoms with E-state index in [4.69, 9.17) is 0 Å². The number of aryl methyl sites for hydroxylation is 2. The fourth-order valence-electron chi connectivity index (χ4n) is 2.39. The molecule has 0 saturated carbocycles. The lowest BCUT2D eigenvalue weighted by atomic mass is 10.2. The van der Waals surface area contributed by atoms with Gasteiger partial charge in [-0.25, -0.2) is 0 Å². The van der Waals surface area contributed by atoms with E-state index in [1.54, 1.807) is 0 Å². The van der Waals surface area contributed by atoms with Crippen LogP contribution >= 0.6 is 0 Å². The number of likely N-dealkylation sites (tertiary alicyclic amines) is 1. The lowest BCUT2D eigenvalue weighted by Crippen LogP contribution is -2.43. The summed E-state index contributed by atoms with van der Waals surface area (Å²) in [4.78, 5) is 14.0. The third-order valence-electron chi connectivity index (χ3n) is 3.48. The number of nitrogens with one attached hydrogen (secondary N) is 1. The summed E-state index contributed by atoms with van der Waals surface area (Å²) >= 11 is 0. The van der Waals surface area contributed by atoms with Gasteiger partial charge in [-0.2, -0.15) is 5.10 Å². The van der Waals surface area contributed by atoms with Gasteiger partial charge in [0.05, 0.1) is 17.4 Å². The third-order valence-corrected chi connectivity index (χ3v) is 3.48. The van der Waals surface area contributed by atoms with Crippen LogP contribution in [-0.4, -0.2) is 39.7 Å². The summed E-state index contributed by atoms with van der Waals surface area (Å²) < 4.78 is 1.86. The maximum Gasteiger partial charge on any atom is 0.239 e. The van der Waals surface area contributed by atoms with Crippen LogP contribution in [0.5, 0.6) is 0 Å². The van der Waals surface area contributed by atoms with Crippen molar-refractivity contribution in [2.24, 2.45) is 7.05 Å². The van der Waals surface area contributed by atoms with Gasteiger partial charge < -0.3 is 10.2 Å². The minimum absolute atomic E-state index is 0.127. The molecule has 0 spiro atoms. The van der Waals surface area contributed by atoms with Crippen LogP contribution in [0, 0.1) is 6.92 Å². The standard InChI is InChI=1S/C13H22N4O/c1-10-8-12(16(3)15-10)9-14-11(2)13(18)17-6-4-5-7-17/h8,11,14H,4-7,9H2,1-3H3. The molecule has 0 aliphatic carbocycles. The molecule has 0 bridgehead atoms. The Bertz CT molecular complexity index is 421. The van der Waals surface area contributed by atoms with Gasteiger partial charge in [0.25, 0.3) is 0 Å². The lowest BCUT2D eigenvalue weighted by Gasteiger charge is -2.21. The molecular weight excluding hydrogens is 228 g/mol. The van der Waals surface area contributed by atoms with Gasteiger partial charge in [-0.3, -0.25) is 9.48 Å². The second-order valence-corrected chi connectivity index (χ2v) is 5.04. The molecule has 1 atom stereocenters. The van der Waals surface area contributed by atoms with Crippen molar-refractivity contribution in [1.82, 2.24) is 20.0 Å². The Kier molecular flexibility index (Phi) is 4.01. The number of nitrogens with zero attached hydrogens (tertiary/aromatic N) is 3. The SMILES string of the molecule is Cc1cc(CNC(C)C(=O)N2CCCC2)n(C)n1. The fourth-order valence-corrected chi connectivity index (χ4v) is 2.39. The molecule has 1 amide bonds. The predicted molar refractivity (Wildman–Crippen MR) is 70.1 cm³/mol. The van der Waals surface area contributed by atoms with Crippen LogP contribution in [0.15, 0.2) is 6.07 Å². The molecule has 1 unspecified atom stereocenters. The van der Waals surface area contributed by atoms with Crippen LogP contribution in [0.1, 0.15) is 31.2 Å².